The minimum Gasteiger partial charge on any atom is -0.508 e. The van der Waals surface area contributed by atoms with Crippen molar-refractivity contribution in [1.29, 1.82) is 0 Å². The van der Waals surface area contributed by atoms with E-state index in [1.165, 1.54) is 30.3 Å². The van der Waals surface area contributed by atoms with E-state index in [1.807, 2.05) is 0 Å². The SMILES string of the molecule is O=C(CSc1nnc(-c2ccc(O)cc2)o1)c1ccccc1F. The molecule has 7 heteroatoms. The van der Waals surface area contributed by atoms with Gasteiger partial charge in [-0.05, 0) is 36.4 Å². The lowest BCUT2D eigenvalue weighted by Crippen LogP contribution is -2.04. The van der Waals surface area contributed by atoms with E-state index in [-0.39, 0.29) is 34.0 Å². The second-order valence-electron chi connectivity index (χ2n) is 4.61. The third-order valence-corrected chi connectivity index (χ3v) is 3.84. The molecule has 0 aliphatic carbocycles. The smallest absolute Gasteiger partial charge is 0.277 e. The fourth-order valence-corrected chi connectivity index (χ4v) is 2.53. The van der Waals surface area contributed by atoms with Gasteiger partial charge in [-0.15, -0.1) is 10.2 Å². The maximum Gasteiger partial charge on any atom is 0.277 e. The number of benzene rings is 2. The Morgan fingerprint density at radius 1 is 1.13 bits per heavy atom. The van der Waals surface area contributed by atoms with Crippen molar-refractivity contribution in [1.82, 2.24) is 10.2 Å². The third-order valence-electron chi connectivity index (χ3n) is 3.02. The number of rotatable bonds is 5. The van der Waals surface area contributed by atoms with Crippen LogP contribution in [0.25, 0.3) is 11.5 Å². The van der Waals surface area contributed by atoms with Crippen LogP contribution in [-0.2, 0) is 0 Å². The van der Waals surface area contributed by atoms with Crippen LogP contribution in [0.5, 0.6) is 5.75 Å². The first-order valence-electron chi connectivity index (χ1n) is 6.67. The fraction of sp³-hybridized carbons (Fsp3) is 0.0625. The molecule has 1 heterocycles. The summed E-state index contributed by atoms with van der Waals surface area (Å²) in [5, 5.41) is 17.2. The highest BCUT2D eigenvalue weighted by molar-refractivity contribution is 7.99. The maximum atomic E-state index is 13.5. The third kappa shape index (κ3) is 3.57. The van der Waals surface area contributed by atoms with Gasteiger partial charge in [0.2, 0.25) is 5.89 Å². The summed E-state index contributed by atoms with van der Waals surface area (Å²) >= 11 is 1.04. The Bertz CT molecular complexity index is 833. The highest BCUT2D eigenvalue weighted by atomic mass is 32.2. The van der Waals surface area contributed by atoms with E-state index < -0.39 is 5.82 Å². The number of thioether (sulfide) groups is 1. The normalized spacial score (nSPS) is 10.7. The lowest BCUT2D eigenvalue weighted by molar-refractivity contribution is 0.101. The highest BCUT2D eigenvalue weighted by Crippen LogP contribution is 2.25. The van der Waals surface area contributed by atoms with Crippen molar-refractivity contribution in [3.8, 4) is 17.2 Å². The van der Waals surface area contributed by atoms with Crippen molar-refractivity contribution in [2.75, 3.05) is 5.75 Å². The zero-order chi connectivity index (χ0) is 16.2. The molecule has 0 atom stereocenters. The quantitative estimate of drug-likeness (QED) is 0.569. The van der Waals surface area contributed by atoms with Crippen molar-refractivity contribution in [2.24, 2.45) is 0 Å². The number of carbonyl (C=O) groups is 1. The van der Waals surface area contributed by atoms with E-state index in [1.54, 1.807) is 18.2 Å². The van der Waals surface area contributed by atoms with Crippen LogP contribution >= 0.6 is 11.8 Å². The van der Waals surface area contributed by atoms with Crippen molar-refractivity contribution < 1.29 is 18.7 Å². The molecule has 0 saturated heterocycles. The Labute approximate surface area is 135 Å². The van der Waals surface area contributed by atoms with Crippen LogP contribution in [0, 0.1) is 5.82 Å². The topological polar surface area (TPSA) is 76.2 Å². The van der Waals surface area contributed by atoms with Crippen molar-refractivity contribution in [2.45, 2.75) is 5.22 Å². The first kappa shape index (κ1) is 15.2. The Morgan fingerprint density at radius 3 is 2.61 bits per heavy atom. The summed E-state index contributed by atoms with van der Waals surface area (Å²) < 4.78 is 19.0. The molecular weight excluding hydrogens is 319 g/mol. The van der Waals surface area contributed by atoms with Gasteiger partial charge in [-0.3, -0.25) is 4.79 Å². The Kier molecular flexibility index (Phi) is 4.38. The van der Waals surface area contributed by atoms with Gasteiger partial charge in [0.05, 0.1) is 11.3 Å². The second-order valence-corrected chi connectivity index (χ2v) is 5.54. The molecular formula is C16H11FN2O3S. The first-order chi connectivity index (χ1) is 11.1. The number of aromatic hydroxyl groups is 1. The number of phenolic OH excluding ortho intramolecular Hbond substituents is 1. The summed E-state index contributed by atoms with van der Waals surface area (Å²) in [5.74, 6) is -0.479. The van der Waals surface area contributed by atoms with Gasteiger partial charge in [-0.25, -0.2) is 4.39 Å². The van der Waals surface area contributed by atoms with Crippen molar-refractivity contribution in [3.63, 3.8) is 0 Å². The van der Waals surface area contributed by atoms with E-state index >= 15 is 0 Å². The van der Waals surface area contributed by atoms with Crippen LogP contribution < -0.4 is 0 Å². The number of aromatic nitrogens is 2. The number of hydrogen-bond acceptors (Lipinski definition) is 6. The Balaban J connectivity index is 1.67. The molecule has 0 amide bonds. The number of phenols is 1. The predicted molar refractivity (Wildman–Crippen MR) is 82.9 cm³/mol. The largest absolute Gasteiger partial charge is 0.508 e. The van der Waals surface area contributed by atoms with Gasteiger partial charge in [0.1, 0.15) is 11.6 Å². The number of halogens is 1. The van der Waals surface area contributed by atoms with Crippen LogP contribution in [0.2, 0.25) is 0 Å². The summed E-state index contributed by atoms with van der Waals surface area (Å²) in [7, 11) is 0. The van der Waals surface area contributed by atoms with Gasteiger partial charge in [0.25, 0.3) is 5.22 Å². The summed E-state index contributed by atoms with van der Waals surface area (Å²) in [6, 6.07) is 12.1. The molecule has 1 N–H and O–H groups in total. The summed E-state index contributed by atoms with van der Waals surface area (Å²) in [5.41, 5.74) is 0.695. The molecule has 2 aromatic carbocycles. The molecule has 0 fully saturated rings. The molecule has 0 spiro atoms. The molecule has 5 nitrogen and oxygen atoms in total. The molecule has 0 radical (unpaired) electrons. The second kappa shape index (κ2) is 6.62. The molecule has 1 aromatic heterocycles. The molecule has 0 saturated carbocycles. The van der Waals surface area contributed by atoms with Crippen molar-refractivity contribution in [3.05, 3.63) is 59.9 Å². The van der Waals surface area contributed by atoms with E-state index in [9.17, 15) is 14.3 Å². The predicted octanol–water partition coefficient (Wildman–Crippen LogP) is 3.56. The van der Waals surface area contributed by atoms with Crippen molar-refractivity contribution >= 4 is 17.5 Å². The van der Waals surface area contributed by atoms with Crippen LogP contribution in [0.4, 0.5) is 4.39 Å². The number of hydrogen-bond donors (Lipinski definition) is 1. The monoisotopic (exact) mass is 330 g/mol. The highest BCUT2D eigenvalue weighted by Gasteiger charge is 2.14. The number of carbonyl (C=O) groups excluding carboxylic acids is 1. The summed E-state index contributed by atoms with van der Waals surface area (Å²) in [4.78, 5) is 12.0. The Hall–Kier alpha value is -2.67. The average Bonchev–Trinajstić information content (AvgIpc) is 3.03. The van der Waals surface area contributed by atoms with Gasteiger partial charge in [0, 0.05) is 5.56 Å². The molecule has 0 aliphatic rings. The fourth-order valence-electron chi connectivity index (χ4n) is 1.88. The molecule has 0 bridgehead atoms. The standard InChI is InChI=1S/C16H11FN2O3S/c17-13-4-2-1-3-12(13)14(21)9-23-16-19-18-15(22-16)10-5-7-11(20)8-6-10/h1-8,20H,9H2. The summed E-state index contributed by atoms with van der Waals surface area (Å²) in [6.07, 6.45) is 0. The minimum atomic E-state index is -0.548. The van der Waals surface area contributed by atoms with E-state index in [4.69, 9.17) is 4.42 Å². The molecule has 23 heavy (non-hydrogen) atoms. The molecule has 3 rings (SSSR count). The van der Waals surface area contributed by atoms with Gasteiger partial charge < -0.3 is 9.52 Å². The molecule has 3 aromatic rings. The molecule has 0 aliphatic heterocycles. The van der Waals surface area contributed by atoms with Gasteiger partial charge in [-0.1, -0.05) is 23.9 Å². The van der Waals surface area contributed by atoms with E-state index in [0.717, 1.165) is 11.8 Å². The summed E-state index contributed by atoms with van der Waals surface area (Å²) in [6.45, 7) is 0. The van der Waals surface area contributed by atoms with Gasteiger partial charge in [0.15, 0.2) is 5.78 Å². The Morgan fingerprint density at radius 2 is 1.87 bits per heavy atom. The molecule has 116 valence electrons. The minimum absolute atomic E-state index is 0.00184. The lowest BCUT2D eigenvalue weighted by Gasteiger charge is -2.00. The molecule has 0 unspecified atom stereocenters. The van der Waals surface area contributed by atoms with E-state index in [2.05, 4.69) is 10.2 Å². The van der Waals surface area contributed by atoms with Crippen LogP contribution in [0.1, 0.15) is 10.4 Å². The number of Topliss-reactive ketones (excluding diaryl/α,β-unsaturated/α-hetero) is 1. The van der Waals surface area contributed by atoms with Crippen LogP contribution in [-0.4, -0.2) is 26.8 Å². The number of nitrogens with zero attached hydrogens (tertiary/aromatic N) is 2. The number of ketones is 1. The van der Waals surface area contributed by atoms with Crippen LogP contribution in [0.3, 0.4) is 0 Å². The lowest BCUT2D eigenvalue weighted by atomic mass is 10.1. The zero-order valence-corrected chi connectivity index (χ0v) is 12.6. The van der Waals surface area contributed by atoms with Crippen LogP contribution in [0.15, 0.2) is 58.2 Å². The first-order valence-corrected chi connectivity index (χ1v) is 7.65. The van der Waals surface area contributed by atoms with Gasteiger partial charge in [-0.2, -0.15) is 0 Å². The van der Waals surface area contributed by atoms with Gasteiger partial charge >= 0.3 is 0 Å². The zero-order valence-electron chi connectivity index (χ0n) is 11.8. The van der Waals surface area contributed by atoms with E-state index in [0.29, 0.717) is 5.56 Å². The maximum absolute atomic E-state index is 13.5. The average molecular weight is 330 g/mol.